The van der Waals surface area contributed by atoms with Crippen LogP contribution in [0.5, 0.6) is 0 Å². The molecule has 17 heavy (non-hydrogen) atoms. The molecule has 1 unspecified atom stereocenters. The summed E-state index contributed by atoms with van der Waals surface area (Å²) in [6, 6.07) is 5.58. The largest absolute Gasteiger partial charge is 0.380 e. The lowest BCUT2D eigenvalue weighted by molar-refractivity contribution is 0.582. The van der Waals surface area contributed by atoms with Crippen molar-refractivity contribution in [3.8, 4) is 0 Å². The molecule has 0 radical (unpaired) electrons. The molecule has 0 saturated carbocycles. The van der Waals surface area contributed by atoms with Gasteiger partial charge >= 0.3 is 0 Å². The maximum atomic E-state index is 12.2. The first-order valence-corrected chi connectivity index (χ1v) is 7.73. The summed E-state index contributed by atoms with van der Waals surface area (Å²) in [4.78, 5) is 0.466. The lowest BCUT2D eigenvalue weighted by Gasteiger charge is -2.29. The first-order chi connectivity index (χ1) is 7.95. The topological polar surface area (TPSA) is 46.2 Å². The van der Waals surface area contributed by atoms with Crippen LogP contribution in [0.25, 0.3) is 0 Å². The van der Waals surface area contributed by atoms with Crippen molar-refractivity contribution in [2.45, 2.75) is 44.0 Å². The predicted molar refractivity (Wildman–Crippen MR) is 70.3 cm³/mol. The van der Waals surface area contributed by atoms with Crippen molar-refractivity contribution in [1.29, 1.82) is 0 Å². The van der Waals surface area contributed by atoms with Gasteiger partial charge in [0.05, 0.1) is 16.3 Å². The molecule has 2 rings (SSSR count). The number of sulfone groups is 1. The zero-order valence-electron chi connectivity index (χ0n) is 10.5. The first kappa shape index (κ1) is 12.4. The molecule has 3 nitrogen and oxygen atoms in total. The minimum atomic E-state index is -3.12. The standard InChI is InChI=1S/C13H19NO2S/c1-4-10-8-17(15,16)12-7-5-6-11(9(2)3)13(12)14-10/h5-7,9-10,14H,4,8H2,1-3H3. The van der Waals surface area contributed by atoms with Gasteiger partial charge in [-0.1, -0.05) is 32.9 Å². The van der Waals surface area contributed by atoms with Crippen molar-refractivity contribution in [3.05, 3.63) is 23.8 Å². The van der Waals surface area contributed by atoms with Gasteiger partial charge in [0.15, 0.2) is 9.84 Å². The molecular weight excluding hydrogens is 234 g/mol. The number of hydrogen-bond donors (Lipinski definition) is 1. The van der Waals surface area contributed by atoms with E-state index >= 15 is 0 Å². The number of anilines is 1. The Morgan fingerprint density at radius 3 is 2.71 bits per heavy atom. The molecule has 1 atom stereocenters. The normalized spacial score (nSPS) is 22.0. The number of fused-ring (bicyclic) bond motifs is 1. The van der Waals surface area contributed by atoms with E-state index in [2.05, 4.69) is 19.2 Å². The second-order valence-electron chi connectivity index (χ2n) is 4.91. The van der Waals surface area contributed by atoms with E-state index in [-0.39, 0.29) is 11.8 Å². The molecule has 1 aliphatic rings. The van der Waals surface area contributed by atoms with Crippen LogP contribution in [0.1, 0.15) is 38.7 Å². The van der Waals surface area contributed by atoms with E-state index in [1.54, 1.807) is 6.07 Å². The van der Waals surface area contributed by atoms with Gasteiger partial charge in [-0.3, -0.25) is 0 Å². The zero-order valence-corrected chi connectivity index (χ0v) is 11.3. The molecule has 1 aromatic rings. The van der Waals surface area contributed by atoms with E-state index in [0.29, 0.717) is 10.8 Å². The molecule has 1 aromatic carbocycles. The van der Waals surface area contributed by atoms with Gasteiger partial charge in [0.1, 0.15) is 0 Å². The summed E-state index contributed by atoms with van der Waals surface area (Å²) in [7, 11) is -3.12. The molecule has 0 amide bonds. The van der Waals surface area contributed by atoms with Crippen molar-refractivity contribution in [3.63, 3.8) is 0 Å². The highest BCUT2D eigenvalue weighted by atomic mass is 32.2. The molecule has 1 heterocycles. The number of benzene rings is 1. The zero-order chi connectivity index (χ0) is 12.6. The third kappa shape index (κ3) is 2.18. The van der Waals surface area contributed by atoms with Crippen LogP contribution in [0, 0.1) is 0 Å². The summed E-state index contributed by atoms with van der Waals surface area (Å²) >= 11 is 0. The summed E-state index contributed by atoms with van der Waals surface area (Å²) in [6.45, 7) is 6.18. The van der Waals surface area contributed by atoms with E-state index < -0.39 is 9.84 Å². The summed E-state index contributed by atoms with van der Waals surface area (Å²) in [5.74, 6) is 0.529. The molecule has 1 aliphatic heterocycles. The highest BCUT2D eigenvalue weighted by molar-refractivity contribution is 7.91. The maximum absolute atomic E-state index is 12.2. The maximum Gasteiger partial charge on any atom is 0.182 e. The molecule has 0 bridgehead atoms. The van der Waals surface area contributed by atoms with Gasteiger partial charge in [-0.2, -0.15) is 0 Å². The Labute approximate surface area is 103 Å². The van der Waals surface area contributed by atoms with Crippen LogP contribution < -0.4 is 5.32 Å². The van der Waals surface area contributed by atoms with Gasteiger partial charge in [-0.25, -0.2) is 8.42 Å². The second kappa shape index (κ2) is 4.33. The third-order valence-electron chi connectivity index (χ3n) is 3.28. The molecule has 0 spiro atoms. The van der Waals surface area contributed by atoms with Crippen molar-refractivity contribution in [2.24, 2.45) is 0 Å². The second-order valence-corrected chi connectivity index (χ2v) is 6.91. The van der Waals surface area contributed by atoms with Gasteiger partial charge in [0, 0.05) is 6.04 Å². The SMILES string of the molecule is CCC1CS(=O)(=O)c2cccc(C(C)C)c2N1. The Bertz CT molecular complexity index is 520. The highest BCUT2D eigenvalue weighted by Crippen LogP contribution is 2.35. The van der Waals surface area contributed by atoms with Gasteiger partial charge in [0.25, 0.3) is 0 Å². The van der Waals surface area contributed by atoms with E-state index in [0.717, 1.165) is 17.7 Å². The van der Waals surface area contributed by atoms with Gasteiger partial charge in [0.2, 0.25) is 0 Å². The fraction of sp³-hybridized carbons (Fsp3) is 0.538. The fourth-order valence-electron chi connectivity index (χ4n) is 2.26. The Hall–Kier alpha value is -1.03. The van der Waals surface area contributed by atoms with Crippen LogP contribution in [0.2, 0.25) is 0 Å². The Morgan fingerprint density at radius 2 is 2.12 bits per heavy atom. The molecule has 0 fully saturated rings. The van der Waals surface area contributed by atoms with Crippen LogP contribution in [-0.2, 0) is 9.84 Å². The smallest absolute Gasteiger partial charge is 0.182 e. The number of hydrogen-bond acceptors (Lipinski definition) is 3. The average Bonchev–Trinajstić information content (AvgIpc) is 2.27. The average molecular weight is 253 g/mol. The minimum Gasteiger partial charge on any atom is -0.380 e. The van der Waals surface area contributed by atoms with Crippen LogP contribution in [-0.4, -0.2) is 20.2 Å². The van der Waals surface area contributed by atoms with Crippen LogP contribution in [0.15, 0.2) is 23.1 Å². The quantitative estimate of drug-likeness (QED) is 0.881. The molecule has 0 aromatic heterocycles. The van der Waals surface area contributed by atoms with Crippen LogP contribution in [0.4, 0.5) is 5.69 Å². The summed E-state index contributed by atoms with van der Waals surface area (Å²) in [5.41, 5.74) is 1.91. The number of rotatable bonds is 2. The van der Waals surface area contributed by atoms with Crippen molar-refractivity contribution in [2.75, 3.05) is 11.1 Å². The van der Waals surface area contributed by atoms with Crippen molar-refractivity contribution < 1.29 is 8.42 Å². The van der Waals surface area contributed by atoms with Crippen molar-refractivity contribution in [1.82, 2.24) is 0 Å². The Kier molecular flexibility index (Phi) is 3.17. The molecule has 0 saturated heterocycles. The van der Waals surface area contributed by atoms with Crippen molar-refractivity contribution >= 4 is 15.5 Å². The summed E-state index contributed by atoms with van der Waals surface area (Å²) in [5, 5.41) is 3.37. The van der Waals surface area contributed by atoms with Gasteiger partial charge < -0.3 is 5.32 Å². The number of nitrogens with one attached hydrogen (secondary N) is 1. The molecule has 94 valence electrons. The van der Waals surface area contributed by atoms with E-state index in [4.69, 9.17) is 0 Å². The van der Waals surface area contributed by atoms with Gasteiger partial charge in [-0.05, 0) is 24.0 Å². The highest BCUT2D eigenvalue weighted by Gasteiger charge is 2.30. The minimum absolute atomic E-state index is 0.0346. The summed E-state index contributed by atoms with van der Waals surface area (Å²) in [6.07, 6.45) is 0.825. The third-order valence-corrected chi connectivity index (χ3v) is 5.13. The molecule has 4 heteroatoms. The molecular formula is C13H19NO2S. The van der Waals surface area contributed by atoms with Crippen LogP contribution >= 0.6 is 0 Å². The van der Waals surface area contributed by atoms with E-state index in [9.17, 15) is 8.42 Å². The van der Waals surface area contributed by atoms with E-state index in [1.165, 1.54) is 0 Å². The monoisotopic (exact) mass is 253 g/mol. The van der Waals surface area contributed by atoms with Crippen LogP contribution in [0.3, 0.4) is 0 Å². The molecule has 1 N–H and O–H groups in total. The lowest BCUT2D eigenvalue weighted by Crippen LogP contribution is -2.34. The summed E-state index contributed by atoms with van der Waals surface area (Å²) < 4.78 is 24.4. The van der Waals surface area contributed by atoms with E-state index in [1.807, 2.05) is 19.1 Å². The first-order valence-electron chi connectivity index (χ1n) is 6.08. The molecule has 0 aliphatic carbocycles. The van der Waals surface area contributed by atoms with Gasteiger partial charge in [-0.15, -0.1) is 0 Å². The lowest BCUT2D eigenvalue weighted by atomic mass is 10.0. The Balaban J connectivity index is 2.61. The number of para-hydroxylation sites is 1. The Morgan fingerprint density at radius 1 is 1.41 bits per heavy atom. The fourth-order valence-corrected chi connectivity index (χ4v) is 4.07. The predicted octanol–water partition coefficient (Wildman–Crippen LogP) is 2.79.